The van der Waals surface area contributed by atoms with E-state index in [2.05, 4.69) is 394 Å². The number of anilines is 6. The van der Waals surface area contributed by atoms with Crippen LogP contribution in [-0.4, -0.2) is 13.7 Å². The molecule has 95 heavy (non-hydrogen) atoms. The van der Waals surface area contributed by atoms with Crippen molar-refractivity contribution in [2.45, 2.75) is 0 Å². The Kier molecular flexibility index (Phi) is 13.5. The van der Waals surface area contributed by atoms with Gasteiger partial charge in [0.25, 0.3) is 0 Å². The van der Waals surface area contributed by atoms with E-state index in [1.54, 1.807) is 0 Å². The highest BCUT2D eigenvalue weighted by atomic mass is 15.1. The van der Waals surface area contributed by atoms with Crippen molar-refractivity contribution in [1.29, 1.82) is 0 Å². The second kappa shape index (κ2) is 23.2. The lowest BCUT2D eigenvalue weighted by Gasteiger charge is -2.25. The summed E-state index contributed by atoms with van der Waals surface area (Å²) in [5.74, 6) is 0. The van der Waals surface area contributed by atoms with E-state index in [0.29, 0.717) is 0 Å². The summed E-state index contributed by atoms with van der Waals surface area (Å²) in [7, 11) is 0. The minimum atomic E-state index is 1.11. The number of hydrogen-bond acceptors (Lipinski definition) is 2. The van der Waals surface area contributed by atoms with Crippen LogP contribution in [0.3, 0.4) is 0 Å². The van der Waals surface area contributed by atoms with Gasteiger partial charge in [-0.2, -0.15) is 0 Å². The van der Waals surface area contributed by atoms with Gasteiger partial charge in [-0.15, -0.1) is 0 Å². The monoisotopic (exact) mass is 1210 g/mol. The van der Waals surface area contributed by atoms with Crippen molar-refractivity contribution >= 4 is 99.5 Å². The smallest absolute Gasteiger partial charge is 0.0541 e. The maximum atomic E-state index is 2.46. The van der Waals surface area contributed by atoms with Crippen molar-refractivity contribution in [2.24, 2.45) is 0 Å². The van der Waals surface area contributed by atoms with Gasteiger partial charge in [-0.3, -0.25) is 0 Å². The molecule has 0 aliphatic rings. The molecule has 0 aliphatic carbocycles. The zero-order valence-corrected chi connectivity index (χ0v) is 52.0. The van der Waals surface area contributed by atoms with E-state index in [0.717, 1.165) is 95.6 Å². The third-order valence-corrected chi connectivity index (χ3v) is 19.0. The van der Waals surface area contributed by atoms with E-state index >= 15 is 0 Å². The first kappa shape index (κ1) is 55.2. The molecule has 5 heteroatoms. The van der Waals surface area contributed by atoms with Crippen molar-refractivity contribution in [3.05, 3.63) is 370 Å². The zero-order valence-electron chi connectivity index (χ0n) is 52.0. The molecule has 0 amide bonds. The SMILES string of the molecule is c1ccc(N(c2ccccc2)c2ccc(-c3ccc(-n4c5ccccc5c5cc(-c6cc(-c7ccc8c(c7)c7ccccc7n8-c7ccc(-c8ccc(N(c9ccccc9)c9ccccc9)cc8)cc7)cc(-n7c8ccccc8c8ccccc87)c6)ccc54)cc3)cc2)cc1. The average Bonchev–Trinajstić information content (AvgIpc) is 1.62. The normalized spacial score (nSPS) is 11.6. The zero-order chi connectivity index (χ0) is 62.8. The van der Waals surface area contributed by atoms with Gasteiger partial charge in [0.2, 0.25) is 0 Å². The van der Waals surface area contributed by atoms with Crippen LogP contribution in [0.5, 0.6) is 0 Å². The number of hydrogen-bond donors (Lipinski definition) is 0. The minimum Gasteiger partial charge on any atom is -0.311 e. The van der Waals surface area contributed by atoms with Crippen LogP contribution < -0.4 is 9.80 Å². The predicted molar refractivity (Wildman–Crippen MR) is 401 cm³/mol. The Morgan fingerprint density at radius 3 is 0.716 bits per heavy atom. The Morgan fingerprint density at radius 1 is 0.147 bits per heavy atom. The van der Waals surface area contributed by atoms with Gasteiger partial charge in [0.1, 0.15) is 0 Å². The maximum Gasteiger partial charge on any atom is 0.0541 e. The molecule has 0 atom stereocenters. The number of aromatic nitrogens is 3. The van der Waals surface area contributed by atoms with Gasteiger partial charge < -0.3 is 23.5 Å². The van der Waals surface area contributed by atoms with E-state index in [4.69, 9.17) is 0 Å². The van der Waals surface area contributed by atoms with Gasteiger partial charge in [-0.1, -0.05) is 206 Å². The van der Waals surface area contributed by atoms with Crippen LogP contribution in [0.25, 0.3) is 127 Å². The number of rotatable bonds is 13. The molecular formula is C90H61N5. The fourth-order valence-electron chi connectivity index (χ4n) is 14.6. The van der Waals surface area contributed by atoms with Gasteiger partial charge in [0.15, 0.2) is 0 Å². The van der Waals surface area contributed by atoms with E-state index in [1.165, 1.54) is 65.5 Å². The van der Waals surface area contributed by atoms with E-state index < -0.39 is 0 Å². The van der Waals surface area contributed by atoms with Crippen LogP contribution in [0.15, 0.2) is 370 Å². The molecule has 0 unspecified atom stereocenters. The van der Waals surface area contributed by atoms with E-state index in [1.807, 2.05) is 0 Å². The highest BCUT2D eigenvalue weighted by Crippen LogP contribution is 2.43. The first-order chi connectivity index (χ1) is 47.1. The molecule has 3 aromatic heterocycles. The third-order valence-electron chi connectivity index (χ3n) is 19.0. The lowest BCUT2D eigenvalue weighted by Crippen LogP contribution is -2.09. The Hall–Kier alpha value is -12.7. The maximum absolute atomic E-state index is 2.46. The summed E-state index contributed by atoms with van der Waals surface area (Å²) in [5.41, 5.74) is 26.3. The van der Waals surface area contributed by atoms with Crippen molar-refractivity contribution in [3.63, 3.8) is 0 Å². The molecule has 3 heterocycles. The lowest BCUT2D eigenvalue weighted by atomic mass is 9.96. The molecule has 0 aliphatic heterocycles. The van der Waals surface area contributed by atoms with Crippen molar-refractivity contribution in [3.8, 4) is 61.6 Å². The molecule has 0 fully saturated rings. The number of nitrogens with zero attached hydrogens (tertiary/aromatic N) is 5. The summed E-state index contributed by atoms with van der Waals surface area (Å²) in [5, 5.41) is 7.31. The summed E-state index contributed by atoms with van der Waals surface area (Å²) in [4.78, 5) is 4.61. The number of fused-ring (bicyclic) bond motifs is 9. The molecule has 0 radical (unpaired) electrons. The number of para-hydroxylation sites is 8. The average molecular weight is 1210 g/mol. The second-order valence-electron chi connectivity index (χ2n) is 24.5. The van der Waals surface area contributed by atoms with Gasteiger partial charge in [-0.05, 0) is 208 Å². The molecule has 15 aromatic carbocycles. The van der Waals surface area contributed by atoms with Crippen LogP contribution in [0.1, 0.15) is 0 Å². The van der Waals surface area contributed by atoms with Gasteiger partial charge in [-0.25, -0.2) is 0 Å². The van der Waals surface area contributed by atoms with Crippen LogP contribution in [-0.2, 0) is 0 Å². The molecule has 18 aromatic rings. The molecule has 0 saturated heterocycles. The van der Waals surface area contributed by atoms with Crippen LogP contribution in [0, 0.1) is 0 Å². The molecule has 0 N–H and O–H groups in total. The molecule has 5 nitrogen and oxygen atoms in total. The molecule has 0 saturated carbocycles. The fourth-order valence-corrected chi connectivity index (χ4v) is 14.6. The van der Waals surface area contributed by atoms with E-state index in [-0.39, 0.29) is 0 Å². The topological polar surface area (TPSA) is 21.3 Å². The first-order valence-electron chi connectivity index (χ1n) is 32.5. The van der Waals surface area contributed by atoms with Crippen LogP contribution in [0.2, 0.25) is 0 Å². The highest BCUT2D eigenvalue weighted by Gasteiger charge is 2.21. The molecular weight excluding hydrogens is 1150 g/mol. The third kappa shape index (κ3) is 9.72. The Balaban J connectivity index is 0.709. The highest BCUT2D eigenvalue weighted by molar-refractivity contribution is 6.13. The van der Waals surface area contributed by atoms with Crippen molar-refractivity contribution in [1.82, 2.24) is 13.7 Å². The molecule has 0 bridgehead atoms. The van der Waals surface area contributed by atoms with Gasteiger partial charge >= 0.3 is 0 Å². The van der Waals surface area contributed by atoms with Gasteiger partial charge in [0, 0.05) is 83.5 Å². The summed E-state index contributed by atoms with van der Waals surface area (Å²) in [6.07, 6.45) is 0. The van der Waals surface area contributed by atoms with Crippen LogP contribution >= 0.6 is 0 Å². The van der Waals surface area contributed by atoms with Crippen molar-refractivity contribution in [2.75, 3.05) is 9.80 Å². The first-order valence-corrected chi connectivity index (χ1v) is 32.5. The lowest BCUT2D eigenvalue weighted by molar-refractivity contribution is 1.18. The summed E-state index contributed by atoms with van der Waals surface area (Å²) >= 11 is 0. The quantitative estimate of drug-likeness (QED) is 0.115. The fraction of sp³-hybridized carbons (Fsp3) is 0. The largest absolute Gasteiger partial charge is 0.311 e. The molecule has 446 valence electrons. The predicted octanol–water partition coefficient (Wildman–Crippen LogP) is 24.6. The molecule has 0 spiro atoms. The minimum absolute atomic E-state index is 1.11. The van der Waals surface area contributed by atoms with Gasteiger partial charge in [0.05, 0.1) is 33.1 Å². The Bertz CT molecular complexity index is 5410. The summed E-state index contributed by atoms with van der Waals surface area (Å²) in [6.45, 7) is 0. The molecule has 18 rings (SSSR count). The Labute approximate surface area is 551 Å². The van der Waals surface area contributed by atoms with Crippen molar-refractivity contribution < 1.29 is 0 Å². The Morgan fingerprint density at radius 2 is 0.389 bits per heavy atom. The second-order valence-corrected chi connectivity index (χ2v) is 24.5. The summed E-state index contributed by atoms with van der Waals surface area (Å²) in [6, 6.07) is 135. The van der Waals surface area contributed by atoms with Crippen LogP contribution in [0.4, 0.5) is 34.1 Å². The summed E-state index contributed by atoms with van der Waals surface area (Å²) < 4.78 is 7.30. The number of benzene rings is 15. The standard InChI is InChI=1S/C90H61N5/c1-5-21-70(22-6-1)91(71-23-7-2-8-24-71)74-47-37-62(38-48-74)64-41-51-76(52-42-64)93-87-35-19-15-31-81(87)83-60-66(45-55-89(83)93)68-57-69(59-78(58-68)95-85-33-17-13-29-79(85)80-30-14-18-34-86(80)95)67-46-56-90-84(61-67)82-32-16-20-36-88(82)94(90)77-53-43-65(44-54-77)63-39-49-75(50-40-63)92(72-25-9-3-10-26-72)73-27-11-4-12-28-73/h1-61H. The van der Waals surface area contributed by atoms with E-state index in [9.17, 15) is 0 Å².